The third-order valence-corrected chi connectivity index (χ3v) is 6.45. The lowest BCUT2D eigenvalue weighted by Gasteiger charge is -2.25. The first-order valence-corrected chi connectivity index (χ1v) is 11.2. The van der Waals surface area contributed by atoms with Gasteiger partial charge in [0, 0.05) is 18.0 Å². The van der Waals surface area contributed by atoms with Crippen molar-refractivity contribution in [1.82, 2.24) is 4.90 Å². The van der Waals surface area contributed by atoms with E-state index < -0.39 is 0 Å². The summed E-state index contributed by atoms with van der Waals surface area (Å²) in [6.07, 6.45) is 0. The molecule has 1 aliphatic rings. The molecule has 4 rings (SSSR count). The standard InChI is InChI=1S/C25H26N2O2S/c1-18-8-13-23(19(2)16-18)26-25(28)27-14-15-30-24(27)21-9-11-22(12-10-21)29-17-20-6-4-3-5-7-20/h3-13,16,24H,14-15,17H2,1-2H3,(H,26,28)/t24-/m0/s1. The quantitative estimate of drug-likeness (QED) is 0.539. The lowest BCUT2D eigenvalue weighted by atomic mass is 10.1. The summed E-state index contributed by atoms with van der Waals surface area (Å²) >= 11 is 1.79. The van der Waals surface area contributed by atoms with Crippen LogP contribution in [0.15, 0.2) is 72.8 Å². The Morgan fingerprint density at radius 1 is 1.07 bits per heavy atom. The van der Waals surface area contributed by atoms with E-state index in [1.165, 1.54) is 5.56 Å². The fourth-order valence-corrected chi connectivity index (χ4v) is 4.82. The number of amides is 2. The molecule has 1 fully saturated rings. The number of nitrogens with zero attached hydrogens (tertiary/aromatic N) is 1. The van der Waals surface area contributed by atoms with Gasteiger partial charge in [-0.05, 0) is 48.7 Å². The monoisotopic (exact) mass is 418 g/mol. The van der Waals surface area contributed by atoms with Crippen molar-refractivity contribution in [3.8, 4) is 5.75 Å². The van der Waals surface area contributed by atoms with Gasteiger partial charge in [-0.15, -0.1) is 11.8 Å². The predicted molar refractivity (Wildman–Crippen MR) is 124 cm³/mol. The third kappa shape index (κ3) is 4.79. The Morgan fingerprint density at radius 2 is 1.83 bits per heavy atom. The van der Waals surface area contributed by atoms with Crippen LogP contribution in [0.3, 0.4) is 0 Å². The zero-order valence-electron chi connectivity index (χ0n) is 17.3. The molecule has 0 radical (unpaired) electrons. The lowest BCUT2D eigenvalue weighted by Crippen LogP contribution is -2.34. The maximum absolute atomic E-state index is 12.9. The molecule has 0 bridgehead atoms. The maximum atomic E-state index is 12.9. The Morgan fingerprint density at radius 3 is 2.57 bits per heavy atom. The van der Waals surface area contributed by atoms with Gasteiger partial charge in [-0.3, -0.25) is 0 Å². The molecule has 1 N–H and O–H groups in total. The van der Waals surface area contributed by atoms with Crippen LogP contribution in [0.5, 0.6) is 5.75 Å². The topological polar surface area (TPSA) is 41.6 Å². The van der Waals surface area contributed by atoms with Crippen LogP contribution in [0.2, 0.25) is 0 Å². The van der Waals surface area contributed by atoms with Crippen molar-refractivity contribution in [2.45, 2.75) is 25.8 Å². The SMILES string of the molecule is Cc1ccc(NC(=O)N2CCS[C@H]2c2ccc(OCc3ccccc3)cc2)c(C)c1. The van der Waals surface area contributed by atoms with Crippen molar-refractivity contribution in [2.75, 3.05) is 17.6 Å². The first-order valence-electron chi connectivity index (χ1n) is 10.1. The summed E-state index contributed by atoms with van der Waals surface area (Å²) in [5, 5.41) is 3.09. The molecule has 2 amide bonds. The number of hydrogen-bond acceptors (Lipinski definition) is 3. The van der Waals surface area contributed by atoms with Crippen LogP contribution >= 0.6 is 11.8 Å². The Labute approximate surface area is 182 Å². The minimum atomic E-state index is -0.0543. The van der Waals surface area contributed by atoms with Crippen LogP contribution in [0.1, 0.15) is 27.6 Å². The van der Waals surface area contributed by atoms with E-state index in [2.05, 4.69) is 42.6 Å². The molecule has 1 aliphatic heterocycles. The van der Waals surface area contributed by atoms with E-state index in [4.69, 9.17) is 4.74 Å². The third-order valence-electron chi connectivity index (χ3n) is 5.19. The number of hydrogen-bond donors (Lipinski definition) is 1. The second-order valence-electron chi connectivity index (χ2n) is 7.51. The number of carbonyl (C=O) groups is 1. The lowest BCUT2D eigenvalue weighted by molar-refractivity contribution is 0.214. The van der Waals surface area contributed by atoms with E-state index in [0.717, 1.165) is 40.4 Å². The number of anilines is 1. The molecule has 1 heterocycles. The highest BCUT2D eigenvalue weighted by Gasteiger charge is 2.30. The Hall–Kier alpha value is -2.92. The fraction of sp³-hybridized carbons (Fsp3) is 0.240. The van der Waals surface area contributed by atoms with E-state index in [1.807, 2.05) is 54.3 Å². The molecule has 154 valence electrons. The van der Waals surface area contributed by atoms with Crippen LogP contribution in [0.4, 0.5) is 10.5 Å². The van der Waals surface area contributed by atoms with Crippen LogP contribution in [-0.4, -0.2) is 23.2 Å². The highest BCUT2D eigenvalue weighted by atomic mass is 32.2. The van der Waals surface area contributed by atoms with Crippen LogP contribution in [-0.2, 0) is 6.61 Å². The Kier molecular flexibility index (Phi) is 6.29. The van der Waals surface area contributed by atoms with Gasteiger partial charge >= 0.3 is 6.03 Å². The van der Waals surface area contributed by atoms with Gasteiger partial charge in [-0.2, -0.15) is 0 Å². The molecule has 0 unspecified atom stereocenters. The number of aryl methyl sites for hydroxylation is 2. The second-order valence-corrected chi connectivity index (χ2v) is 8.70. The Bertz CT molecular complexity index is 1010. The number of carbonyl (C=O) groups excluding carboxylic acids is 1. The summed E-state index contributed by atoms with van der Waals surface area (Å²) in [4.78, 5) is 14.8. The van der Waals surface area contributed by atoms with Gasteiger partial charge in [0.25, 0.3) is 0 Å². The van der Waals surface area contributed by atoms with Crippen LogP contribution in [0.25, 0.3) is 0 Å². The molecule has 1 atom stereocenters. The van der Waals surface area contributed by atoms with Gasteiger partial charge in [0.15, 0.2) is 0 Å². The number of benzene rings is 3. The van der Waals surface area contributed by atoms with E-state index in [-0.39, 0.29) is 11.4 Å². The van der Waals surface area contributed by atoms with E-state index in [1.54, 1.807) is 11.8 Å². The number of urea groups is 1. The zero-order valence-corrected chi connectivity index (χ0v) is 18.1. The number of thioether (sulfide) groups is 1. The predicted octanol–water partition coefficient (Wildman–Crippen LogP) is 6.16. The van der Waals surface area contributed by atoms with E-state index in [0.29, 0.717) is 6.61 Å². The number of rotatable bonds is 5. The van der Waals surface area contributed by atoms with Gasteiger partial charge < -0.3 is 15.0 Å². The van der Waals surface area contributed by atoms with E-state index >= 15 is 0 Å². The molecule has 3 aromatic carbocycles. The van der Waals surface area contributed by atoms with Crippen molar-refractivity contribution < 1.29 is 9.53 Å². The molecule has 0 spiro atoms. The summed E-state index contributed by atoms with van der Waals surface area (Å²) in [6.45, 7) is 5.35. The molecule has 0 saturated carbocycles. The average molecular weight is 419 g/mol. The summed E-state index contributed by atoms with van der Waals surface area (Å²) in [5.41, 5.74) is 5.38. The van der Waals surface area contributed by atoms with Crippen molar-refractivity contribution in [3.63, 3.8) is 0 Å². The summed E-state index contributed by atoms with van der Waals surface area (Å²) < 4.78 is 5.89. The summed E-state index contributed by atoms with van der Waals surface area (Å²) in [7, 11) is 0. The zero-order chi connectivity index (χ0) is 20.9. The van der Waals surface area contributed by atoms with Gasteiger partial charge in [0.2, 0.25) is 0 Å². The van der Waals surface area contributed by atoms with Crippen LogP contribution < -0.4 is 10.1 Å². The second kappa shape index (κ2) is 9.26. The van der Waals surface area contributed by atoms with Crippen molar-refractivity contribution in [2.24, 2.45) is 0 Å². The Balaban J connectivity index is 1.40. The molecule has 5 heteroatoms. The van der Waals surface area contributed by atoms with Crippen molar-refractivity contribution in [3.05, 3.63) is 95.1 Å². The van der Waals surface area contributed by atoms with Crippen molar-refractivity contribution in [1.29, 1.82) is 0 Å². The van der Waals surface area contributed by atoms with Crippen LogP contribution in [0, 0.1) is 13.8 Å². The molecule has 3 aromatic rings. The highest BCUT2D eigenvalue weighted by Crippen LogP contribution is 2.38. The smallest absolute Gasteiger partial charge is 0.323 e. The molecule has 4 nitrogen and oxygen atoms in total. The number of ether oxygens (including phenoxy) is 1. The minimum Gasteiger partial charge on any atom is -0.489 e. The maximum Gasteiger partial charge on any atom is 0.323 e. The highest BCUT2D eigenvalue weighted by molar-refractivity contribution is 7.99. The summed E-state index contributed by atoms with van der Waals surface area (Å²) in [5.74, 6) is 1.76. The van der Waals surface area contributed by atoms with Gasteiger partial charge in [0.05, 0.1) is 0 Å². The van der Waals surface area contributed by atoms with Crippen molar-refractivity contribution >= 4 is 23.5 Å². The largest absolute Gasteiger partial charge is 0.489 e. The first kappa shape index (κ1) is 20.4. The average Bonchev–Trinajstić information content (AvgIpc) is 3.25. The fourth-order valence-electron chi connectivity index (χ4n) is 3.56. The van der Waals surface area contributed by atoms with E-state index in [9.17, 15) is 4.79 Å². The molecular weight excluding hydrogens is 392 g/mol. The van der Waals surface area contributed by atoms with Gasteiger partial charge in [-0.1, -0.05) is 60.2 Å². The van der Waals surface area contributed by atoms with Gasteiger partial charge in [0.1, 0.15) is 17.7 Å². The molecule has 0 aromatic heterocycles. The first-order chi connectivity index (χ1) is 14.6. The minimum absolute atomic E-state index is 0.0129. The van der Waals surface area contributed by atoms with Gasteiger partial charge in [-0.25, -0.2) is 4.79 Å². The number of nitrogens with one attached hydrogen (secondary N) is 1. The summed E-state index contributed by atoms with van der Waals surface area (Å²) in [6, 6.07) is 24.2. The molecular formula is C25H26N2O2S. The molecule has 1 saturated heterocycles. The molecule has 0 aliphatic carbocycles. The normalized spacial score (nSPS) is 15.8. The molecule has 30 heavy (non-hydrogen) atoms.